The summed E-state index contributed by atoms with van der Waals surface area (Å²) in [4.78, 5) is 2.20. The van der Waals surface area contributed by atoms with Gasteiger partial charge in [-0.2, -0.15) is 5.26 Å². The molecule has 2 unspecified atom stereocenters. The van der Waals surface area contributed by atoms with Gasteiger partial charge < -0.3 is 10.0 Å². The Morgan fingerprint density at radius 1 is 1.38 bits per heavy atom. The monoisotopic (exact) mass is 184 g/mol. The minimum absolute atomic E-state index is 0.0749. The van der Waals surface area contributed by atoms with Gasteiger partial charge in [-0.25, -0.2) is 0 Å². The lowest BCUT2D eigenvalue weighted by atomic mass is 10.1. The van der Waals surface area contributed by atoms with E-state index in [2.05, 4.69) is 17.9 Å². The molecule has 0 fully saturated rings. The van der Waals surface area contributed by atoms with Crippen LogP contribution in [0.3, 0.4) is 0 Å². The van der Waals surface area contributed by atoms with Crippen LogP contribution in [0.15, 0.2) is 0 Å². The van der Waals surface area contributed by atoms with Crippen LogP contribution < -0.4 is 0 Å². The molecule has 1 N–H and O–H groups in total. The molecule has 0 bridgehead atoms. The molecule has 0 aromatic carbocycles. The first-order chi connectivity index (χ1) is 6.13. The molecule has 0 radical (unpaired) electrons. The molecule has 0 aromatic heterocycles. The lowest BCUT2D eigenvalue weighted by Gasteiger charge is -2.24. The van der Waals surface area contributed by atoms with E-state index in [4.69, 9.17) is 10.4 Å². The van der Waals surface area contributed by atoms with E-state index in [0.717, 1.165) is 19.6 Å². The normalized spacial score (nSPS) is 15.4. The van der Waals surface area contributed by atoms with Gasteiger partial charge in [0.05, 0.1) is 12.0 Å². The van der Waals surface area contributed by atoms with Gasteiger partial charge in [0.15, 0.2) is 0 Å². The number of hydrogen-bond donors (Lipinski definition) is 1. The molecule has 0 amide bonds. The van der Waals surface area contributed by atoms with Crippen LogP contribution in [-0.2, 0) is 0 Å². The SMILES string of the molecule is CCN(CC(C)C#N)CC(C)CO. The molecule has 3 nitrogen and oxygen atoms in total. The zero-order valence-electron chi connectivity index (χ0n) is 8.82. The summed E-state index contributed by atoms with van der Waals surface area (Å²) in [5, 5.41) is 17.5. The lowest BCUT2D eigenvalue weighted by molar-refractivity contribution is 0.171. The predicted molar refractivity (Wildman–Crippen MR) is 53.1 cm³/mol. The number of hydrogen-bond acceptors (Lipinski definition) is 3. The smallest absolute Gasteiger partial charge is 0.0666 e. The highest BCUT2D eigenvalue weighted by Gasteiger charge is 2.10. The molecule has 0 aliphatic heterocycles. The molecule has 13 heavy (non-hydrogen) atoms. The highest BCUT2D eigenvalue weighted by molar-refractivity contribution is 4.81. The van der Waals surface area contributed by atoms with E-state index in [-0.39, 0.29) is 12.5 Å². The third-order valence-corrected chi connectivity index (χ3v) is 2.08. The van der Waals surface area contributed by atoms with Gasteiger partial charge in [-0.3, -0.25) is 0 Å². The van der Waals surface area contributed by atoms with Gasteiger partial charge in [-0.05, 0) is 19.4 Å². The van der Waals surface area contributed by atoms with E-state index < -0.39 is 0 Å². The topological polar surface area (TPSA) is 47.3 Å². The van der Waals surface area contributed by atoms with Gasteiger partial charge in [0.2, 0.25) is 0 Å². The molecule has 0 aromatic rings. The molecule has 0 spiro atoms. The second-order valence-electron chi connectivity index (χ2n) is 3.67. The average molecular weight is 184 g/mol. The Bertz CT molecular complexity index is 165. The lowest BCUT2D eigenvalue weighted by Crippen LogP contribution is -2.33. The predicted octanol–water partition coefficient (Wildman–Crippen LogP) is 1.10. The molecule has 2 atom stereocenters. The quantitative estimate of drug-likeness (QED) is 0.672. The maximum Gasteiger partial charge on any atom is 0.0666 e. The second-order valence-corrected chi connectivity index (χ2v) is 3.67. The molecular formula is C10H20N2O. The van der Waals surface area contributed by atoms with Crippen molar-refractivity contribution in [3.63, 3.8) is 0 Å². The summed E-state index contributed by atoms with van der Waals surface area (Å²) in [5.41, 5.74) is 0. The van der Waals surface area contributed by atoms with E-state index >= 15 is 0 Å². The van der Waals surface area contributed by atoms with Crippen molar-refractivity contribution in [3.8, 4) is 6.07 Å². The highest BCUT2D eigenvalue weighted by Crippen LogP contribution is 2.02. The van der Waals surface area contributed by atoms with E-state index in [0.29, 0.717) is 5.92 Å². The van der Waals surface area contributed by atoms with Gasteiger partial charge in [-0.15, -0.1) is 0 Å². The zero-order chi connectivity index (χ0) is 10.3. The van der Waals surface area contributed by atoms with E-state index in [9.17, 15) is 0 Å². The molecule has 76 valence electrons. The van der Waals surface area contributed by atoms with Gasteiger partial charge in [0, 0.05) is 19.7 Å². The van der Waals surface area contributed by atoms with Crippen LogP contribution in [0.1, 0.15) is 20.8 Å². The minimum atomic E-state index is 0.0749. The molecule has 0 heterocycles. The maximum absolute atomic E-state index is 8.88. The summed E-state index contributed by atoms with van der Waals surface area (Å²) in [6, 6.07) is 2.22. The summed E-state index contributed by atoms with van der Waals surface area (Å²) >= 11 is 0. The van der Waals surface area contributed by atoms with E-state index in [1.54, 1.807) is 0 Å². The summed E-state index contributed by atoms with van der Waals surface area (Å²) < 4.78 is 0. The number of aliphatic hydroxyl groups is 1. The van der Waals surface area contributed by atoms with Gasteiger partial charge in [0.25, 0.3) is 0 Å². The van der Waals surface area contributed by atoms with Crippen LogP contribution in [-0.4, -0.2) is 36.2 Å². The van der Waals surface area contributed by atoms with Crippen LogP contribution in [0.5, 0.6) is 0 Å². The third-order valence-electron chi connectivity index (χ3n) is 2.08. The number of aliphatic hydroxyl groups excluding tert-OH is 1. The van der Waals surface area contributed by atoms with Gasteiger partial charge >= 0.3 is 0 Å². The van der Waals surface area contributed by atoms with Crippen molar-refractivity contribution in [1.82, 2.24) is 4.90 Å². The average Bonchev–Trinajstić information content (AvgIpc) is 2.16. The van der Waals surface area contributed by atoms with Crippen molar-refractivity contribution in [2.24, 2.45) is 11.8 Å². The van der Waals surface area contributed by atoms with Gasteiger partial charge in [0.1, 0.15) is 0 Å². The van der Waals surface area contributed by atoms with Crippen molar-refractivity contribution < 1.29 is 5.11 Å². The van der Waals surface area contributed by atoms with Crippen LogP contribution in [0, 0.1) is 23.2 Å². The van der Waals surface area contributed by atoms with E-state index in [1.165, 1.54) is 0 Å². The van der Waals surface area contributed by atoms with Crippen LogP contribution in [0.2, 0.25) is 0 Å². The van der Waals surface area contributed by atoms with Crippen molar-refractivity contribution in [3.05, 3.63) is 0 Å². The molecule has 0 rings (SSSR count). The molecular weight excluding hydrogens is 164 g/mol. The van der Waals surface area contributed by atoms with Crippen molar-refractivity contribution in [2.75, 3.05) is 26.2 Å². The van der Waals surface area contributed by atoms with Crippen LogP contribution >= 0.6 is 0 Å². The largest absolute Gasteiger partial charge is 0.396 e. The molecule has 0 aliphatic rings. The fraction of sp³-hybridized carbons (Fsp3) is 0.900. The Labute approximate surface area is 81.0 Å². The minimum Gasteiger partial charge on any atom is -0.396 e. The first-order valence-corrected chi connectivity index (χ1v) is 4.86. The summed E-state index contributed by atoms with van der Waals surface area (Å²) in [5.74, 6) is 0.372. The fourth-order valence-electron chi connectivity index (χ4n) is 1.26. The van der Waals surface area contributed by atoms with Crippen LogP contribution in [0.4, 0.5) is 0 Å². The van der Waals surface area contributed by atoms with Crippen molar-refractivity contribution in [1.29, 1.82) is 5.26 Å². The third kappa shape index (κ3) is 5.62. The Hall–Kier alpha value is -0.590. The number of rotatable bonds is 6. The highest BCUT2D eigenvalue weighted by atomic mass is 16.3. The Morgan fingerprint density at radius 3 is 2.38 bits per heavy atom. The molecule has 0 aliphatic carbocycles. The summed E-state index contributed by atoms with van der Waals surface area (Å²) in [7, 11) is 0. The maximum atomic E-state index is 8.88. The summed E-state index contributed by atoms with van der Waals surface area (Å²) in [6.45, 7) is 8.85. The van der Waals surface area contributed by atoms with Crippen molar-refractivity contribution in [2.45, 2.75) is 20.8 Å². The Morgan fingerprint density at radius 2 is 2.00 bits per heavy atom. The zero-order valence-corrected chi connectivity index (χ0v) is 8.82. The first-order valence-electron chi connectivity index (χ1n) is 4.86. The molecule has 0 saturated heterocycles. The number of nitrogens with zero attached hydrogens (tertiary/aromatic N) is 2. The van der Waals surface area contributed by atoms with Gasteiger partial charge in [-0.1, -0.05) is 13.8 Å². The van der Waals surface area contributed by atoms with E-state index in [1.807, 2.05) is 13.8 Å². The van der Waals surface area contributed by atoms with Crippen LogP contribution in [0.25, 0.3) is 0 Å². The second kappa shape index (κ2) is 6.88. The molecule has 0 saturated carbocycles. The first kappa shape index (κ1) is 12.4. The summed E-state index contributed by atoms with van der Waals surface area (Å²) in [6.07, 6.45) is 0. The standard InChI is InChI=1S/C10H20N2O/c1-4-12(6-9(2)5-11)7-10(3)8-13/h9-10,13H,4,6-8H2,1-3H3. The Balaban J connectivity index is 3.83. The Kier molecular flexibility index (Phi) is 6.56. The molecule has 3 heteroatoms. The van der Waals surface area contributed by atoms with Crippen molar-refractivity contribution >= 4 is 0 Å². The number of nitriles is 1. The fourth-order valence-corrected chi connectivity index (χ4v) is 1.26.